The summed E-state index contributed by atoms with van der Waals surface area (Å²) in [5.41, 5.74) is 5.32. The lowest BCUT2D eigenvalue weighted by Gasteiger charge is -2.08. The summed E-state index contributed by atoms with van der Waals surface area (Å²) in [6, 6.07) is 3.61. The highest BCUT2D eigenvalue weighted by Gasteiger charge is 2.18. The average Bonchev–Trinajstić information content (AvgIpc) is 2.16. The largest absolute Gasteiger partial charge is 0.480 e. The fraction of sp³-hybridized carbons (Fsp3) is 0.111. The summed E-state index contributed by atoms with van der Waals surface area (Å²) in [4.78, 5) is 10.5. The van der Waals surface area contributed by atoms with Crippen LogP contribution in [0, 0.1) is 17.1 Å². The van der Waals surface area contributed by atoms with Crippen molar-refractivity contribution < 1.29 is 14.3 Å². The van der Waals surface area contributed by atoms with E-state index in [1.54, 1.807) is 6.07 Å². The summed E-state index contributed by atoms with van der Waals surface area (Å²) >= 11 is 0. The SMILES string of the molecule is N#Cc1ccc(F)cc1C(N)C(=O)O. The zero-order valence-corrected chi connectivity index (χ0v) is 7.07. The van der Waals surface area contributed by atoms with Crippen molar-refractivity contribution in [2.24, 2.45) is 5.73 Å². The molecule has 0 fully saturated rings. The lowest BCUT2D eigenvalue weighted by atomic mass is 10.0. The molecule has 1 unspecified atom stereocenters. The smallest absolute Gasteiger partial charge is 0.325 e. The lowest BCUT2D eigenvalue weighted by molar-refractivity contribution is -0.138. The number of rotatable bonds is 2. The van der Waals surface area contributed by atoms with E-state index in [0.717, 1.165) is 12.1 Å². The molecule has 0 saturated heterocycles. The van der Waals surface area contributed by atoms with Crippen molar-refractivity contribution in [1.29, 1.82) is 5.26 Å². The first kappa shape index (κ1) is 10.2. The Balaban J connectivity index is 3.25. The summed E-state index contributed by atoms with van der Waals surface area (Å²) < 4.78 is 12.7. The fourth-order valence-electron chi connectivity index (χ4n) is 1.03. The van der Waals surface area contributed by atoms with Gasteiger partial charge in [0.15, 0.2) is 0 Å². The first-order chi connectivity index (χ1) is 6.56. The van der Waals surface area contributed by atoms with Gasteiger partial charge in [0.25, 0.3) is 0 Å². The van der Waals surface area contributed by atoms with Crippen molar-refractivity contribution in [3.8, 4) is 6.07 Å². The Kier molecular flexibility index (Phi) is 2.79. The number of carboxylic acid groups (broad SMARTS) is 1. The minimum absolute atomic E-state index is 0.0139. The molecule has 4 nitrogen and oxygen atoms in total. The van der Waals surface area contributed by atoms with Gasteiger partial charge in [0, 0.05) is 5.56 Å². The van der Waals surface area contributed by atoms with Crippen molar-refractivity contribution >= 4 is 5.97 Å². The molecular formula is C9H7FN2O2. The zero-order chi connectivity index (χ0) is 10.7. The minimum Gasteiger partial charge on any atom is -0.480 e. The number of carbonyl (C=O) groups is 1. The molecule has 0 aromatic heterocycles. The summed E-state index contributed by atoms with van der Waals surface area (Å²) in [5.74, 6) is -1.91. The molecule has 0 spiro atoms. The predicted molar refractivity (Wildman–Crippen MR) is 45.7 cm³/mol. The number of nitrogens with zero attached hydrogens (tertiary/aromatic N) is 1. The number of aliphatic carboxylic acids is 1. The molecular weight excluding hydrogens is 187 g/mol. The van der Waals surface area contributed by atoms with Gasteiger partial charge in [0.1, 0.15) is 11.9 Å². The molecule has 0 amide bonds. The monoisotopic (exact) mass is 194 g/mol. The van der Waals surface area contributed by atoms with Crippen LogP contribution >= 0.6 is 0 Å². The van der Waals surface area contributed by atoms with Crippen LogP contribution in [0.5, 0.6) is 0 Å². The second-order valence-corrected chi connectivity index (χ2v) is 2.66. The Morgan fingerprint density at radius 1 is 1.64 bits per heavy atom. The summed E-state index contributed by atoms with van der Waals surface area (Å²) in [6.07, 6.45) is 0. The molecule has 0 bridgehead atoms. The van der Waals surface area contributed by atoms with Crippen LogP contribution < -0.4 is 5.73 Å². The number of benzene rings is 1. The molecule has 1 atom stereocenters. The molecule has 72 valence electrons. The maximum absolute atomic E-state index is 12.7. The number of nitrogens with two attached hydrogens (primary N) is 1. The van der Waals surface area contributed by atoms with Gasteiger partial charge in [0.05, 0.1) is 11.6 Å². The van der Waals surface area contributed by atoms with E-state index < -0.39 is 17.8 Å². The second kappa shape index (κ2) is 3.85. The highest BCUT2D eigenvalue weighted by molar-refractivity contribution is 5.76. The van der Waals surface area contributed by atoms with Crippen molar-refractivity contribution in [3.05, 3.63) is 35.1 Å². The number of carboxylic acids is 1. The molecule has 14 heavy (non-hydrogen) atoms. The Bertz CT molecular complexity index is 412. The van der Waals surface area contributed by atoms with Gasteiger partial charge in [0.2, 0.25) is 0 Å². The van der Waals surface area contributed by atoms with Gasteiger partial charge in [-0.1, -0.05) is 0 Å². The molecule has 3 N–H and O–H groups in total. The molecule has 0 saturated carbocycles. The van der Waals surface area contributed by atoms with E-state index in [9.17, 15) is 9.18 Å². The number of hydrogen-bond donors (Lipinski definition) is 2. The van der Waals surface area contributed by atoms with Crippen LogP contribution in [0.15, 0.2) is 18.2 Å². The van der Waals surface area contributed by atoms with Crippen LogP contribution in [-0.2, 0) is 4.79 Å². The summed E-state index contributed by atoms with van der Waals surface area (Å²) in [7, 11) is 0. The summed E-state index contributed by atoms with van der Waals surface area (Å²) in [5, 5.41) is 17.2. The zero-order valence-electron chi connectivity index (χ0n) is 7.07. The van der Waals surface area contributed by atoms with Crippen molar-refractivity contribution in [2.45, 2.75) is 6.04 Å². The van der Waals surface area contributed by atoms with Gasteiger partial charge >= 0.3 is 5.97 Å². The van der Waals surface area contributed by atoms with Crippen LogP contribution in [0.4, 0.5) is 4.39 Å². The Hall–Kier alpha value is -1.93. The quantitative estimate of drug-likeness (QED) is 0.728. The first-order valence-electron chi connectivity index (χ1n) is 3.74. The second-order valence-electron chi connectivity index (χ2n) is 2.66. The number of halogens is 1. The van der Waals surface area contributed by atoms with Crippen molar-refractivity contribution in [3.63, 3.8) is 0 Å². The van der Waals surface area contributed by atoms with E-state index in [1.165, 1.54) is 6.07 Å². The highest BCUT2D eigenvalue weighted by Crippen LogP contribution is 2.17. The van der Waals surface area contributed by atoms with Crippen LogP contribution in [0.2, 0.25) is 0 Å². The highest BCUT2D eigenvalue weighted by atomic mass is 19.1. The molecule has 1 rings (SSSR count). The van der Waals surface area contributed by atoms with E-state index in [0.29, 0.717) is 0 Å². The van der Waals surface area contributed by atoms with E-state index in [4.69, 9.17) is 16.1 Å². The molecule has 0 aliphatic heterocycles. The number of nitriles is 1. The molecule has 1 aromatic rings. The molecule has 0 radical (unpaired) electrons. The minimum atomic E-state index is -1.37. The Labute approximate surface area is 79.4 Å². The standard InChI is InChI=1S/C9H7FN2O2/c10-6-2-1-5(4-11)7(3-6)8(12)9(13)14/h1-3,8H,12H2,(H,13,14). The average molecular weight is 194 g/mol. The molecule has 0 aliphatic carbocycles. The van der Waals surface area contributed by atoms with E-state index in [2.05, 4.69) is 0 Å². The van der Waals surface area contributed by atoms with Gasteiger partial charge in [-0.15, -0.1) is 0 Å². The maximum atomic E-state index is 12.7. The van der Waals surface area contributed by atoms with Crippen LogP contribution in [0.1, 0.15) is 17.2 Å². The van der Waals surface area contributed by atoms with E-state index >= 15 is 0 Å². The van der Waals surface area contributed by atoms with Gasteiger partial charge in [-0.3, -0.25) is 4.79 Å². The van der Waals surface area contributed by atoms with Crippen LogP contribution in [0.25, 0.3) is 0 Å². The van der Waals surface area contributed by atoms with Crippen molar-refractivity contribution in [2.75, 3.05) is 0 Å². The molecule has 0 aliphatic rings. The van der Waals surface area contributed by atoms with Crippen LogP contribution in [-0.4, -0.2) is 11.1 Å². The number of hydrogen-bond acceptors (Lipinski definition) is 3. The topological polar surface area (TPSA) is 87.1 Å². The van der Waals surface area contributed by atoms with Crippen molar-refractivity contribution in [1.82, 2.24) is 0 Å². The normalized spacial score (nSPS) is 11.8. The van der Waals surface area contributed by atoms with Gasteiger partial charge in [-0.2, -0.15) is 5.26 Å². The predicted octanol–water partition coefficient (Wildman–Crippen LogP) is 0.782. The third kappa shape index (κ3) is 1.87. The Morgan fingerprint density at radius 3 is 2.79 bits per heavy atom. The van der Waals surface area contributed by atoms with Gasteiger partial charge in [-0.25, -0.2) is 4.39 Å². The van der Waals surface area contributed by atoms with Gasteiger partial charge < -0.3 is 10.8 Å². The van der Waals surface area contributed by atoms with E-state index in [-0.39, 0.29) is 11.1 Å². The third-order valence-electron chi connectivity index (χ3n) is 1.74. The van der Waals surface area contributed by atoms with Crippen LogP contribution in [0.3, 0.4) is 0 Å². The first-order valence-corrected chi connectivity index (χ1v) is 3.74. The van der Waals surface area contributed by atoms with Gasteiger partial charge in [-0.05, 0) is 18.2 Å². The molecule has 5 heteroatoms. The maximum Gasteiger partial charge on any atom is 0.325 e. The Morgan fingerprint density at radius 2 is 2.29 bits per heavy atom. The lowest BCUT2D eigenvalue weighted by Crippen LogP contribution is -2.21. The van der Waals surface area contributed by atoms with E-state index in [1.807, 2.05) is 0 Å². The molecule has 0 heterocycles. The molecule has 1 aromatic carbocycles. The fourth-order valence-corrected chi connectivity index (χ4v) is 1.03. The third-order valence-corrected chi connectivity index (χ3v) is 1.74. The summed E-state index contributed by atoms with van der Waals surface area (Å²) in [6.45, 7) is 0.